The first-order valence-corrected chi connectivity index (χ1v) is 11.8. The van der Waals surface area contributed by atoms with Crippen molar-refractivity contribution in [3.63, 3.8) is 0 Å². The van der Waals surface area contributed by atoms with Gasteiger partial charge in [0.2, 0.25) is 0 Å². The fourth-order valence-corrected chi connectivity index (χ4v) is 4.43. The second-order valence-electron chi connectivity index (χ2n) is 7.71. The molecule has 1 saturated heterocycles. The van der Waals surface area contributed by atoms with E-state index in [4.69, 9.17) is 0 Å². The Morgan fingerprint density at radius 2 is 1.92 bits per heavy atom. The number of likely N-dealkylation sites (tertiary alicyclic amines) is 1. The average Bonchev–Trinajstić information content (AvgIpc) is 3.43. The monoisotopic (exact) mass is 376 g/mol. The molecule has 1 saturated carbocycles. The van der Waals surface area contributed by atoms with Crippen LogP contribution < -0.4 is 5.32 Å². The molecule has 1 aromatic rings. The number of sulfone groups is 1. The van der Waals surface area contributed by atoms with Crippen LogP contribution in [0.25, 0.3) is 6.08 Å². The van der Waals surface area contributed by atoms with Crippen LogP contribution in [0.5, 0.6) is 0 Å². The van der Waals surface area contributed by atoms with Crippen LogP contribution in [-0.4, -0.2) is 57.0 Å². The molecule has 3 rings (SSSR count). The van der Waals surface area contributed by atoms with Crippen LogP contribution in [-0.2, 0) is 9.84 Å². The SMILES string of the molecule is CCS(=O)(=O)CCN1CCC(CNC2CC2/C=C/c2ccccc2)CC1. The lowest BCUT2D eigenvalue weighted by atomic mass is 9.97. The molecule has 1 aliphatic carbocycles. The third-order valence-electron chi connectivity index (χ3n) is 5.71. The van der Waals surface area contributed by atoms with E-state index in [0.717, 1.165) is 25.6 Å². The van der Waals surface area contributed by atoms with E-state index in [2.05, 4.69) is 46.6 Å². The number of nitrogens with zero attached hydrogens (tertiary/aromatic N) is 1. The van der Waals surface area contributed by atoms with E-state index in [1.807, 2.05) is 6.07 Å². The van der Waals surface area contributed by atoms with Crippen molar-refractivity contribution in [2.24, 2.45) is 11.8 Å². The summed E-state index contributed by atoms with van der Waals surface area (Å²) in [7, 11) is -2.84. The molecule has 4 nitrogen and oxygen atoms in total. The molecule has 0 bridgehead atoms. The molecule has 0 radical (unpaired) electrons. The van der Waals surface area contributed by atoms with E-state index >= 15 is 0 Å². The first kappa shape index (κ1) is 19.6. The molecular weight excluding hydrogens is 344 g/mol. The van der Waals surface area contributed by atoms with Gasteiger partial charge in [-0.25, -0.2) is 8.42 Å². The smallest absolute Gasteiger partial charge is 0.151 e. The van der Waals surface area contributed by atoms with E-state index < -0.39 is 9.84 Å². The van der Waals surface area contributed by atoms with Gasteiger partial charge in [-0.2, -0.15) is 0 Å². The highest BCUT2D eigenvalue weighted by atomic mass is 32.2. The van der Waals surface area contributed by atoms with Crippen molar-refractivity contribution < 1.29 is 8.42 Å². The largest absolute Gasteiger partial charge is 0.313 e. The van der Waals surface area contributed by atoms with Crippen molar-refractivity contribution in [1.29, 1.82) is 0 Å². The molecule has 2 unspecified atom stereocenters. The van der Waals surface area contributed by atoms with E-state index in [1.165, 1.54) is 24.8 Å². The van der Waals surface area contributed by atoms with E-state index in [-0.39, 0.29) is 5.75 Å². The second-order valence-corrected chi connectivity index (χ2v) is 10.2. The number of hydrogen-bond donors (Lipinski definition) is 1. The van der Waals surface area contributed by atoms with Crippen LogP contribution in [0.3, 0.4) is 0 Å². The van der Waals surface area contributed by atoms with Crippen molar-refractivity contribution >= 4 is 15.9 Å². The second kappa shape index (κ2) is 9.16. The Balaban J connectivity index is 1.30. The summed E-state index contributed by atoms with van der Waals surface area (Å²) < 4.78 is 23.2. The van der Waals surface area contributed by atoms with Crippen LogP contribution >= 0.6 is 0 Å². The molecular formula is C21H32N2O2S. The molecule has 2 aliphatic rings. The number of piperidine rings is 1. The molecule has 1 N–H and O–H groups in total. The standard InChI is InChI=1S/C21H32N2O2S/c1-2-26(24,25)15-14-23-12-10-19(11-13-23)17-22-21-16-20(21)9-8-18-6-4-3-5-7-18/h3-9,19-22H,2,10-17H2,1H3/b9-8+. The van der Waals surface area contributed by atoms with Crippen molar-refractivity contribution in [3.05, 3.63) is 42.0 Å². The molecule has 0 spiro atoms. The molecule has 2 atom stereocenters. The van der Waals surface area contributed by atoms with Gasteiger partial charge in [-0.05, 0) is 56.3 Å². The molecule has 0 amide bonds. The topological polar surface area (TPSA) is 49.4 Å². The summed E-state index contributed by atoms with van der Waals surface area (Å²) in [5, 5.41) is 3.73. The summed E-state index contributed by atoms with van der Waals surface area (Å²) in [5.74, 6) is 1.97. The average molecular weight is 377 g/mol. The van der Waals surface area contributed by atoms with E-state index in [9.17, 15) is 8.42 Å². The summed E-state index contributed by atoms with van der Waals surface area (Å²) in [6, 6.07) is 11.1. The maximum Gasteiger partial charge on any atom is 0.151 e. The summed E-state index contributed by atoms with van der Waals surface area (Å²) in [5.41, 5.74) is 1.27. The summed E-state index contributed by atoms with van der Waals surface area (Å²) >= 11 is 0. The van der Waals surface area contributed by atoms with Crippen LogP contribution in [0.1, 0.15) is 31.7 Å². The van der Waals surface area contributed by atoms with Gasteiger partial charge in [0.05, 0.1) is 5.75 Å². The van der Waals surface area contributed by atoms with Gasteiger partial charge in [-0.1, -0.05) is 49.4 Å². The molecule has 5 heteroatoms. The first-order valence-electron chi connectivity index (χ1n) is 9.95. The normalized spacial score (nSPS) is 25.0. The summed E-state index contributed by atoms with van der Waals surface area (Å²) in [6.07, 6.45) is 8.17. The molecule has 2 fully saturated rings. The lowest BCUT2D eigenvalue weighted by Crippen LogP contribution is -2.40. The maximum absolute atomic E-state index is 11.6. The summed E-state index contributed by atoms with van der Waals surface area (Å²) in [4.78, 5) is 2.31. The lowest BCUT2D eigenvalue weighted by molar-refractivity contribution is 0.190. The minimum atomic E-state index is -2.84. The minimum Gasteiger partial charge on any atom is -0.313 e. The Hall–Kier alpha value is -1.17. The van der Waals surface area contributed by atoms with Gasteiger partial charge in [0.25, 0.3) is 0 Å². The van der Waals surface area contributed by atoms with Crippen molar-refractivity contribution in [1.82, 2.24) is 10.2 Å². The van der Waals surface area contributed by atoms with Gasteiger partial charge >= 0.3 is 0 Å². The zero-order chi connectivity index (χ0) is 18.4. The Labute approximate surface area is 158 Å². The molecule has 26 heavy (non-hydrogen) atoms. The van der Waals surface area contributed by atoms with Crippen LogP contribution in [0, 0.1) is 11.8 Å². The van der Waals surface area contributed by atoms with Gasteiger partial charge in [0, 0.05) is 18.3 Å². The Kier molecular flexibility index (Phi) is 6.90. The highest BCUT2D eigenvalue weighted by Crippen LogP contribution is 2.32. The minimum absolute atomic E-state index is 0.259. The Bertz CT molecular complexity index is 679. The predicted molar refractivity (Wildman–Crippen MR) is 109 cm³/mol. The zero-order valence-corrected chi connectivity index (χ0v) is 16.6. The van der Waals surface area contributed by atoms with Crippen LogP contribution in [0.4, 0.5) is 0 Å². The zero-order valence-electron chi connectivity index (χ0n) is 15.8. The number of nitrogens with one attached hydrogen (secondary N) is 1. The Morgan fingerprint density at radius 1 is 1.19 bits per heavy atom. The molecule has 1 aliphatic heterocycles. The van der Waals surface area contributed by atoms with Gasteiger partial charge < -0.3 is 10.2 Å². The first-order chi connectivity index (χ1) is 12.6. The molecule has 0 aromatic heterocycles. The number of rotatable bonds is 9. The van der Waals surface area contributed by atoms with E-state index in [1.54, 1.807) is 6.92 Å². The van der Waals surface area contributed by atoms with Gasteiger partial charge in [-0.3, -0.25) is 0 Å². The Morgan fingerprint density at radius 3 is 2.62 bits per heavy atom. The van der Waals surface area contributed by atoms with Gasteiger partial charge in [0.1, 0.15) is 0 Å². The van der Waals surface area contributed by atoms with Crippen LogP contribution in [0.15, 0.2) is 36.4 Å². The highest BCUT2D eigenvalue weighted by molar-refractivity contribution is 7.91. The summed E-state index contributed by atoms with van der Waals surface area (Å²) in [6.45, 7) is 5.60. The van der Waals surface area contributed by atoms with Crippen molar-refractivity contribution in [2.75, 3.05) is 37.7 Å². The van der Waals surface area contributed by atoms with Crippen molar-refractivity contribution in [2.45, 2.75) is 32.2 Å². The fraction of sp³-hybridized carbons (Fsp3) is 0.619. The van der Waals surface area contributed by atoms with Crippen LogP contribution in [0.2, 0.25) is 0 Å². The number of benzene rings is 1. The maximum atomic E-state index is 11.6. The van der Waals surface area contributed by atoms with E-state index in [0.29, 0.717) is 24.3 Å². The molecule has 1 heterocycles. The third kappa shape index (κ3) is 6.22. The van der Waals surface area contributed by atoms with Crippen molar-refractivity contribution in [3.8, 4) is 0 Å². The third-order valence-corrected chi connectivity index (χ3v) is 7.39. The predicted octanol–water partition coefficient (Wildman–Crippen LogP) is 2.82. The quantitative estimate of drug-likeness (QED) is 0.720. The number of hydrogen-bond acceptors (Lipinski definition) is 4. The van der Waals surface area contributed by atoms with Gasteiger partial charge in [-0.15, -0.1) is 0 Å². The molecule has 144 valence electrons. The van der Waals surface area contributed by atoms with Gasteiger partial charge in [0.15, 0.2) is 9.84 Å². The molecule has 1 aromatic carbocycles. The lowest BCUT2D eigenvalue weighted by Gasteiger charge is -2.32. The fourth-order valence-electron chi connectivity index (χ4n) is 3.61. The highest BCUT2D eigenvalue weighted by Gasteiger charge is 2.34.